The molecular formula is C22H23N3O3S2. The summed E-state index contributed by atoms with van der Waals surface area (Å²) in [6.45, 7) is 4.53. The minimum Gasteiger partial charge on any atom is -0.345 e. The van der Waals surface area contributed by atoms with E-state index in [1.807, 2.05) is 6.07 Å². The van der Waals surface area contributed by atoms with E-state index in [4.69, 9.17) is 4.98 Å². The van der Waals surface area contributed by atoms with Gasteiger partial charge in [-0.3, -0.25) is 4.79 Å². The van der Waals surface area contributed by atoms with Crippen molar-refractivity contribution in [3.63, 3.8) is 0 Å². The summed E-state index contributed by atoms with van der Waals surface area (Å²) in [7, 11) is -3.42. The van der Waals surface area contributed by atoms with Crippen molar-refractivity contribution in [2.45, 2.75) is 29.9 Å². The summed E-state index contributed by atoms with van der Waals surface area (Å²) in [5, 5.41) is 0.644. The number of rotatable bonds is 4. The predicted octanol–water partition coefficient (Wildman–Crippen LogP) is 3.50. The number of aryl methyl sites for hydroxylation is 1. The molecule has 0 atom stereocenters. The van der Waals surface area contributed by atoms with E-state index in [1.54, 1.807) is 40.5 Å². The van der Waals surface area contributed by atoms with Crippen LogP contribution in [0, 0.1) is 6.92 Å². The maximum absolute atomic E-state index is 13.2. The second kappa shape index (κ2) is 7.35. The lowest BCUT2D eigenvalue weighted by Crippen LogP contribution is -2.49. The average molecular weight is 442 g/mol. The molecule has 1 aliphatic heterocycles. The van der Waals surface area contributed by atoms with Gasteiger partial charge in [-0.1, -0.05) is 29.5 Å². The fraction of sp³-hybridized carbons (Fsp3) is 0.364. The van der Waals surface area contributed by atoms with E-state index in [-0.39, 0.29) is 16.1 Å². The van der Waals surface area contributed by atoms with Crippen molar-refractivity contribution in [1.29, 1.82) is 0 Å². The van der Waals surface area contributed by atoms with Crippen LogP contribution in [0.25, 0.3) is 10.2 Å². The van der Waals surface area contributed by atoms with Gasteiger partial charge in [-0.05, 0) is 49.6 Å². The number of carbonyl (C=O) groups is 1. The SMILES string of the molecule is Cc1ccc2nc(N3CCN(C(=O)c4ccccc4S(=O)(=O)C4CC4)CC3)sc2c1. The number of amides is 1. The predicted molar refractivity (Wildman–Crippen MR) is 119 cm³/mol. The first-order valence-electron chi connectivity index (χ1n) is 10.2. The zero-order valence-electron chi connectivity index (χ0n) is 16.7. The van der Waals surface area contributed by atoms with Gasteiger partial charge in [-0.25, -0.2) is 13.4 Å². The van der Waals surface area contributed by atoms with Crippen LogP contribution in [0.15, 0.2) is 47.4 Å². The number of aromatic nitrogens is 1. The molecule has 2 aliphatic rings. The molecule has 0 spiro atoms. The maximum Gasteiger partial charge on any atom is 0.255 e. The summed E-state index contributed by atoms with van der Waals surface area (Å²) >= 11 is 1.67. The molecule has 1 aliphatic carbocycles. The first kappa shape index (κ1) is 19.5. The average Bonchev–Trinajstić information content (AvgIpc) is 3.54. The molecule has 0 radical (unpaired) electrons. The zero-order chi connectivity index (χ0) is 20.9. The summed E-state index contributed by atoms with van der Waals surface area (Å²) in [5.74, 6) is -0.200. The molecule has 1 amide bonds. The van der Waals surface area contributed by atoms with Crippen LogP contribution in [-0.2, 0) is 9.84 Å². The molecule has 8 heteroatoms. The highest BCUT2D eigenvalue weighted by atomic mass is 32.2. The molecule has 2 aromatic carbocycles. The first-order chi connectivity index (χ1) is 14.4. The zero-order valence-corrected chi connectivity index (χ0v) is 18.4. The second-order valence-electron chi connectivity index (χ2n) is 7.99. The highest BCUT2D eigenvalue weighted by Crippen LogP contribution is 2.35. The number of carbonyl (C=O) groups excluding carboxylic acids is 1. The van der Waals surface area contributed by atoms with Gasteiger partial charge in [0.05, 0.1) is 25.9 Å². The normalized spacial score (nSPS) is 17.5. The standard InChI is InChI=1S/C22H23N3O3S2/c1-15-6-9-18-19(14-15)29-22(23-18)25-12-10-24(11-13-25)21(26)17-4-2-3-5-20(17)30(27,28)16-7-8-16/h2-6,9,14,16H,7-8,10-13H2,1H3. The van der Waals surface area contributed by atoms with Crippen molar-refractivity contribution in [1.82, 2.24) is 9.88 Å². The topological polar surface area (TPSA) is 70.6 Å². The molecule has 1 saturated carbocycles. The number of anilines is 1. The Morgan fingerprint density at radius 1 is 1.07 bits per heavy atom. The third kappa shape index (κ3) is 3.48. The Kier molecular flexibility index (Phi) is 4.78. The van der Waals surface area contributed by atoms with Crippen molar-refractivity contribution in [3.8, 4) is 0 Å². The molecule has 1 aromatic heterocycles. The van der Waals surface area contributed by atoms with Crippen LogP contribution < -0.4 is 4.90 Å². The molecule has 2 heterocycles. The Morgan fingerprint density at radius 3 is 2.53 bits per heavy atom. The molecule has 3 aromatic rings. The van der Waals surface area contributed by atoms with E-state index in [2.05, 4.69) is 24.0 Å². The lowest BCUT2D eigenvalue weighted by molar-refractivity contribution is 0.0743. The van der Waals surface area contributed by atoms with Crippen molar-refractivity contribution in [2.24, 2.45) is 0 Å². The van der Waals surface area contributed by atoms with Gasteiger partial charge in [0.2, 0.25) is 0 Å². The van der Waals surface area contributed by atoms with Crippen LogP contribution in [0.5, 0.6) is 0 Å². The third-order valence-corrected chi connectivity index (χ3v) is 9.15. The van der Waals surface area contributed by atoms with Crippen molar-refractivity contribution >= 4 is 42.4 Å². The van der Waals surface area contributed by atoms with Crippen molar-refractivity contribution in [3.05, 3.63) is 53.6 Å². The maximum atomic E-state index is 13.2. The molecule has 30 heavy (non-hydrogen) atoms. The van der Waals surface area contributed by atoms with Gasteiger partial charge >= 0.3 is 0 Å². The molecular weight excluding hydrogens is 418 g/mol. The quantitative estimate of drug-likeness (QED) is 0.620. The number of nitrogens with zero attached hydrogens (tertiary/aromatic N) is 3. The van der Waals surface area contributed by atoms with E-state index in [0.717, 1.165) is 10.6 Å². The number of hydrogen-bond acceptors (Lipinski definition) is 6. The molecule has 156 valence electrons. The molecule has 0 bridgehead atoms. The van der Waals surface area contributed by atoms with Crippen LogP contribution in [0.4, 0.5) is 5.13 Å². The number of fused-ring (bicyclic) bond motifs is 1. The fourth-order valence-electron chi connectivity index (χ4n) is 3.88. The Bertz CT molecular complexity index is 1220. The molecule has 0 N–H and O–H groups in total. The van der Waals surface area contributed by atoms with Crippen LogP contribution in [-0.4, -0.2) is 55.6 Å². The Labute approximate surface area is 180 Å². The first-order valence-corrected chi connectivity index (χ1v) is 12.5. The van der Waals surface area contributed by atoms with E-state index < -0.39 is 9.84 Å². The molecule has 6 nitrogen and oxygen atoms in total. The van der Waals surface area contributed by atoms with Crippen LogP contribution in [0.2, 0.25) is 0 Å². The number of piperazine rings is 1. The Hall–Kier alpha value is -2.45. The fourth-order valence-corrected chi connectivity index (χ4v) is 6.84. The van der Waals surface area contributed by atoms with Gasteiger partial charge in [-0.15, -0.1) is 0 Å². The number of thiazole rings is 1. The lowest BCUT2D eigenvalue weighted by atomic mass is 10.2. The van der Waals surface area contributed by atoms with Gasteiger partial charge in [0.1, 0.15) is 0 Å². The summed E-state index contributed by atoms with van der Waals surface area (Å²) < 4.78 is 26.7. The highest BCUT2D eigenvalue weighted by molar-refractivity contribution is 7.92. The Balaban J connectivity index is 1.33. The van der Waals surface area contributed by atoms with Gasteiger partial charge < -0.3 is 9.80 Å². The van der Waals surface area contributed by atoms with Crippen molar-refractivity contribution < 1.29 is 13.2 Å². The molecule has 2 fully saturated rings. The summed E-state index contributed by atoms with van der Waals surface area (Å²) in [5.41, 5.74) is 2.51. The van der Waals surface area contributed by atoms with Gasteiger partial charge in [0.15, 0.2) is 15.0 Å². The van der Waals surface area contributed by atoms with E-state index in [0.29, 0.717) is 44.6 Å². The minimum atomic E-state index is -3.42. The van der Waals surface area contributed by atoms with Crippen molar-refractivity contribution in [2.75, 3.05) is 31.1 Å². The monoisotopic (exact) mass is 441 g/mol. The Morgan fingerprint density at radius 2 is 1.80 bits per heavy atom. The van der Waals surface area contributed by atoms with Gasteiger partial charge in [-0.2, -0.15) is 0 Å². The minimum absolute atomic E-state index is 0.182. The van der Waals surface area contributed by atoms with E-state index in [1.165, 1.54) is 10.3 Å². The van der Waals surface area contributed by atoms with E-state index >= 15 is 0 Å². The molecule has 0 unspecified atom stereocenters. The van der Waals surface area contributed by atoms with Gasteiger partial charge in [0.25, 0.3) is 5.91 Å². The summed E-state index contributed by atoms with van der Waals surface area (Å²) in [6, 6.07) is 12.9. The number of benzene rings is 2. The van der Waals surface area contributed by atoms with Crippen LogP contribution in [0.1, 0.15) is 28.8 Å². The summed E-state index contributed by atoms with van der Waals surface area (Å²) in [6.07, 6.45) is 1.37. The third-order valence-electron chi connectivity index (χ3n) is 5.76. The summed E-state index contributed by atoms with van der Waals surface area (Å²) in [4.78, 5) is 22.0. The second-order valence-corrected chi connectivity index (χ2v) is 11.2. The van der Waals surface area contributed by atoms with E-state index in [9.17, 15) is 13.2 Å². The van der Waals surface area contributed by atoms with Crippen LogP contribution >= 0.6 is 11.3 Å². The van der Waals surface area contributed by atoms with Gasteiger partial charge in [0, 0.05) is 26.2 Å². The molecule has 1 saturated heterocycles. The smallest absolute Gasteiger partial charge is 0.255 e. The lowest BCUT2D eigenvalue weighted by Gasteiger charge is -2.34. The van der Waals surface area contributed by atoms with Crippen LogP contribution in [0.3, 0.4) is 0 Å². The largest absolute Gasteiger partial charge is 0.345 e. The number of sulfone groups is 1. The number of hydrogen-bond donors (Lipinski definition) is 0. The molecule has 5 rings (SSSR count). The highest BCUT2D eigenvalue weighted by Gasteiger charge is 2.39.